The van der Waals surface area contributed by atoms with Crippen molar-refractivity contribution in [1.29, 1.82) is 0 Å². The van der Waals surface area contributed by atoms with Crippen LogP contribution in [0.25, 0.3) is 0 Å². The van der Waals surface area contributed by atoms with E-state index in [-0.39, 0.29) is 5.75 Å². The van der Waals surface area contributed by atoms with Crippen LogP contribution in [0.5, 0.6) is 0 Å². The molecule has 0 unspecified atom stereocenters. The van der Waals surface area contributed by atoms with E-state index in [2.05, 4.69) is 21.2 Å². The molecule has 0 spiro atoms. The molecule has 0 fully saturated rings. The second kappa shape index (κ2) is 7.33. The average molecular weight is 383 g/mol. The van der Waals surface area contributed by atoms with Crippen molar-refractivity contribution in [2.24, 2.45) is 0 Å². The molecular formula is C13H11BrClF2NOS. The number of alkyl halides is 2. The first-order valence-corrected chi connectivity index (χ1v) is 7.93. The summed E-state index contributed by atoms with van der Waals surface area (Å²) in [6, 6.07) is 8.91. The van der Waals surface area contributed by atoms with Crippen molar-refractivity contribution in [3.63, 3.8) is 0 Å². The van der Waals surface area contributed by atoms with Crippen molar-refractivity contribution in [3.05, 3.63) is 51.3 Å². The fraction of sp³-hybridized carbons (Fsp3) is 0.231. The summed E-state index contributed by atoms with van der Waals surface area (Å²) in [6.07, 6.45) is 0. The van der Waals surface area contributed by atoms with Crippen molar-refractivity contribution < 1.29 is 13.2 Å². The van der Waals surface area contributed by atoms with Crippen molar-refractivity contribution in [1.82, 2.24) is 0 Å². The van der Waals surface area contributed by atoms with Crippen LogP contribution < -0.4 is 5.32 Å². The Bertz CT molecular complexity index is 579. The van der Waals surface area contributed by atoms with E-state index in [4.69, 9.17) is 16.0 Å². The molecule has 2 nitrogen and oxygen atoms in total. The summed E-state index contributed by atoms with van der Waals surface area (Å²) in [5.74, 6) is -0.979. The maximum atomic E-state index is 12.1. The molecule has 0 bridgehead atoms. The topological polar surface area (TPSA) is 25.2 Å². The van der Waals surface area contributed by atoms with Gasteiger partial charge in [0.15, 0.2) is 0 Å². The van der Waals surface area contributed by atoms with Gasteiger partial charge in [0.1, 0.15) is 11.5 Å². The van der Waals surface area contributed by atoms with Crippen molar-refractivity contribution in [2.45, 2.75) is 18.1 Å². The molecule has 0 atom stereocenters. The summed E-state index contributed by atoms with van der Waals surface area (Å²) in [5, 5.41) is 3.83. The lowest BCUT2D eigenvalue weighted by atomic mass is 10.3. The molecule has 2 rings (SSSR count). The predicted molar refractivity (Wildman–Crippen MR) is 82.5 cm³/mol. The first kappa shape index (κ1) is 15.7. The van der Waals surface area contributed by atoms with Gasteiger partial charge in [-0.3, -0.25) is 0 Å². The minimum absolute atomic E-state index is 0.169. The second-order valence-corrected chi connectivity index (χ2v) is 6.19. The Kier molecular flexibility index (Phi) is 5.74. The number of anilines is 1. The molecule has 7 heteroatoms. The number of hydrogen-bond donors (Lipinski definition) is 1. The Morgan fingerprint density at radius 1 is 1.25 bits per heavy atom. The molecule has 0 aliphatic heterocycles. The fourth-order valence-electron chi connectivity index (χ4n) is 1.56. The summed E-state index contributed by atoms with van der Waals surface area (Å²) in [4.78, 5) is 0. The van der Waals surface area contributed by atoms with E-state index in [1.165, 1.54) is 0 Å². The quantitative estimate of drug-likeness (QED) is 0.687. The highest BCUT2D eigenvalue weighted by Gasteiger charge is 2.08. The van der Waals surface area contributed by atoms with Gasteiger partial charge in [-0.25, -0.2) is 0 Å². The lowest BCUT2D eigenvalue weighted by molar-refractivity contribution is 0.251. The highest BCUT2D eigenvalue weighted by molar-refractivity contribution is 9.10. The van der Waals surface area contributed by atoms with Crippen molar-refractivity contribution in [3.8, 4) is 0 Å². The molecule has 1 heterocycles. The number of furan rings is 1. The monoisotopic (exact) mass is 381 g/mol. The largest absolute Gasteiger partial charge is 0.463 e. The molecule has 0 radical (unpaired) electrons. The number of thioether (sulfide) groups is 1. The van der Waals surface area contributed by atoms with Crippen LogP contribution in [0.15, 0.2) is 39.2 Å². The van der Waals surface area contributed by atoms with Gasteiger partial charge in [0.25, 0.3) is 5.76 Å². The Balaban J connectivity index is 1.90. The van der Waals surface area contributed by atoms with Gasteiger partial charge in [0.2, 0.25) is 0 Å². The average Bonchev–Trinajstić information content (AvgIpc) is 2.83. The third-order valence-electron chi connectivity index (χ3n) is 2.45. The Morgan fingerprint density at radius 3 is 2.70 bits per heavy atom. The minimum atomic E-state index is -2.38. The van der Waals surface area contributed by atoms with Crippen LogP contribution in [-0.2, 0) is 12.3 Å². The minimum Gasteiger partial charge on any atom is -0.463 e. The molecule has 0 aliphatic carbocycles. The van der Waals surface area contributed by atoms with Crippen LogP contribution in [0.1, 0.15) is 11.5 Å². The van der Waals surface area contributed by atoms with Crippen LogP contribution in [0.3, 0.4) is 0 Å². The highest BCUT2D eigenvalue weighted by Crippen LogP contribution is 2.27. The second-order valence-electron chi connectivity index (χ2n) is 3.92. The number of rotatable bonds is 6. The number of nitrogens with one attached hydrogen (secondary N) is 1. The van der Waals surface area contributed by atoms with E-state index < -0.39 is 5.76 Å². The Labute approximate surface area is 133 Å². The van der Waals surface area contributed by atoms with E-state index in [0.717, 1.165) is 10.2 Å². The fourth-order valence-corrected chi connectivity index (χ4v) is 2.82. The zero-order chi connectivity index (χ0) is 14.5. The van der Waals surface area contributed by atoms with E-state index in [1.54, 1.807) is 24.3 Å². The Morgan fingerprint density at radius 2 is 2.00 bits per heavy atom. The van der Waals surface area contributed by atoms with Gasteiger partial charge in [-0.1, -0.05) is 23.4 Å². The zero-order valence-electron chi connectivity index (χ0n) is 10.2. The molecule has 2 aromatic rings. The molecule has 0 amide bonds. The van der Waals surface area contributed by atoms with Gasteiger partial charge >= 0.3 is 0 Å². The van der Waals surface area contributed by atoms with Crippen LogP contribution in [0.2, 0.25) is 5.02 Å². The van der Waals surface area contributed by atoms with Crippen LogP contribution in [0.4, 0.5) is 14.5 Å². The predicted octanol–water partition coefficient (Wildman–Crippen LogP) is 5.76. The maximum Gasteiger partial charge on any atom is 0.284 e. The van der Waals surface area contributed by atoms with Gasteiger partial charge < -0.3 is 9.73 Å². The number of benzene rings is 1. The molecule has 20 heavy (non-hydrogen) atoms. The Hall–Kier alpha value is -0.720. The van der Waals surface area contributed by atoms with Crippen molar-refractivity contribution in [2.75, 3.05) is 5.32 Å². The van der Waals surface area contributed by atoms with Gasteiger partial charge in [-0.05, 0) is 46.3 Å². The van der Waals surface area contributed by atoms with E-state index >= 15 is 0 Å². The summed E-state index contributed by atoms with van der Waals surface area (Å²) < 4.78 is 30.4. The van der Waals surface area contributed by atoms with Gasteiger partial charge in [-0.15, -0.1) is 0 Å². The molecule has 1 aromatic heterocycles. The van der Waals surface area contributed by atoms with E-state index in [9.17, 15) is 8.78 Å². The molecular weight excluding hydrogens is 372 g/mol. The van der Waals surface area contributed by atoms with E-state index in [0.29, 0.717) is 34.8 Å². The molecule has 1 N–H and O–H groups in total. The summed E-state index contributed by atoms with van der Waals surface area (Å²) in [5.41, 5.74) is 0.884. The normalized spacial score (nSPS) is 11.1. The SMILES string of the molecule is FC(F)SCc1ccc(CNc2ccc(Cl)cc2Br)o1. The summed E-state index contributed by atoms with van der Waals surface area (Å²) >= 11 is 9.81. The molecule has 0 saturated carbocycles. The highest BCUT2D eigenvalue weighted by atomic mass is 79.9. The smallest absolute Gasteiger partial charge is 0.284 e. The molecule has 1 aromatic carbocycles. The van der Waals surface area contributed by atoms with Crippen LogP contribution in [0, 0.1) is 0 Å². The number of hydrogen-bond acceptors (Lipinski definition) is 3. The van der Waals surface area contributed by atoms with E-state index in [1.807, 2.05) is 6.07 Å². The van der Waals surface area contributed by atoms with Crippen LogP contribution in [-0.4, -0.2) is 5.76 Å². The maximum absolute atomic E-state index is 12.1. The molecule has 0 aliphatic rings. The zero-order valence-corrected chi connectivity index (χ0v) is 13.4. The first-order chi connectivity index (χ1) is 9.54. The molecule has 0 saturated heterocycles. The molecule has 108 valence electrons. The van der Waals surface area contributed by atoms with Crippen molar-refractivity contribution >= 4 is 45.0 Å². The summed E-state index contributed by atoms with van der Waals surface area (Å²) in [6.45, 7) is 0.472. The van der Waals surface area contributed by atoms with Gasteiger partial charge in [0.05, 0.1) is 12.3 Å². The summed E-state index contributed by atoms with van der Waals surface area (Å²) in [7, 11) is 0. The lowest BCUT2D eigenvalue weighted by Gasteiger charge is -2.07. The first-order valence-electron chi connectivity index (χ1n) is 5.71. The van der Waals surface area contributed by atoms with Gasteiger partial charge in [0, 0.05) is 15.2 Å². The lowest BCUT2D eigenvalue weighted by Crippen LogP contribution is -1.98. The third-order valence-corrected chi connectivity index (χ3v) is 4.05. The standard InChI is InChI=1S/C13H11BrClF2NOS/c14-11-5-8(15)1-4-12(11)18-6-9-2-3-10(19-9)7-20-13(16)17/h1-5,13,18H,6-7H2. The van der Waals surface area contributed by atoms with Crippen LogP contribution >= 0.6 is 39.3 Å². The van der Waals surface area contributed by atoms with Gasteiger partial charge in [-0.2, -0.15) is 8.78 Å². The third kappa shape index (κ3) is 4.68. The number of halogens is 4.